The number of thiophene rings is 1. The summed E-state index contributed by atoms with van der Waals surface area (Å²) >= 11 is 1.47. The van der Waals surface area contributed by atoms with E-state index in [-0.39, 0.29) is 6.04 Å². The first kappa shape index (κ1) is 10.9. The largest absolute Gasteiger partial charge is 0.324 e. The maximum atomic E-state index is 8.95. The predicted molar refractivity (Wildman–Crippen MR) is 67.1 cm³/mol. The molecule has 80 valence electrons. The summed E-state index contributed by atoms with van der Waals surface area (Å²) in [6.07, 6.45) is 0. The lowest BCUT2D eigenvalue weighted by Crippen LogP contribution is -2.04. The second-order valence-electron chi connectivity index (χ2n) is 3.69. The molecule has 2 aromatic rings. The Labute approximate surface area is 99.0 Å². The van der Waals surface area contributed by atoms with Crippen molar-refractivity contribution < 1.29 is 0 Å². The summed E-state index contributed by atoms with van der Waals surface area (Å²) in [6.45, 7) is 1.96. The van der Waals surface area contributed by atoms with Crippen molar-refractivity contribution in [1.29, 1.82) is 5.26 Å². The fraction of sp³-hybridized carbons (Fsp3) is 0.154. The molecule has 0 aliphatic rings. The summed E-state index contributed by atoms with van der Waals surface area (Å²) in [6, 6.07) is 12.3. The van der Waals surface area contributed by atoms with Crippen LogP contribution in [0.1, 0.15) is 23.4 Å². The van der Waals surface area contributed by atoms with Gasteiger partial charge in [0, 0.05) is 11.6 Å². The molecule has 1 heterocycles. The molecule has 0 radical (unpaired) electrons. The quantitative estimate of drug-likeness (QED) is 0.857. The van der Waals surface area contributed by atoms with Gasteiger partial charge >= 0.3 is 0 Å². The third-order valence-corrected chi connectivity index (χ3v) is 3.33. The van der Waals surface area contributed by atoms with Gasteiger partial charge in [-0.15, -0.1) is 11.3 Å². The SMILES string of the molecule is C[C@@H](N)c1ccc(-c2ccsc2C#N)cc1. The normalized spacial score (nSPS) is 12.1. The molecule has 0 aliphatic carbocycles. The lowest BCUT2D eigenvalue weighted by molar-refractivity contribution is 0.818. The van der Waals surface area contributed by atoms with Gasteiger partial charge in [0.15, 0.2) is 0 Å². The Bertz CT molecular complexity index is 518. The van der Waals surface area contributed by atoms with Gasteiger partial charge in [-0.25, -0.2) is 0 Å². The van der Waals surface area contributed by atoms with Crippen molar-refractivity contribution in [3.63, 3.8) is 0 Å². The number of nitriles is 1. The Morgan fingerprint density at radius 1 is 1.25 bits per heavy atom. The Hall–Kier alpha value is -1.63. The fourth-order valence-electron chi connectivity index (χ4n) is 1.59. The van der Waals surface area contributed by atoms with E-state index in [1.54, 1.807) is 0 Å². The molecule has 2 rings (SSSR count). The van der Waals surface area contributed by atoms with Gasteiger partial charge < -0.3 is 5.73 Å². The molecule has 0 unspecified atom stereocenters. The highest BCUT2D eigenvalue weighted by molar-refractivity contribution is 7.11. The topological polar surface area (TPSA) is 49.8 Å². The van der Waals surface area contributed by atoms with E-state index in [4.69, 9.17) is 11.0 Å². The maximum absolute atomic E-state index is 8.95. The van der Waals surface area contributed by atoms with E-state index < -0.39 is 0 Å². The van der Waals surface area contributed by atoms with Gasteiger partial charge in [0.25, 0.3) is 0 Å². The molecule has 16 heavy (non-hydrogen) atoms. The monoisotopic (exact) mass is 228 g/mol. The first-order valence-corrected chi connectivity index (χ1v) is 5.94. The number of rotatable bonds is 2. The van der Waals surface area contributed by atoms with Crippen molar-refractivity contribution in [2.75, 3.05) is 0 Å². The number of nitrogens with two attached hydrogens (primary N) is 1. The van der Waals surface area contributed by atoms with Crippen LogP contribution in [0.15, 0.2) is 35.7 Å². The van der Waals surface area contributed by atoms with Crippen LogP contribution in [0.25, 0.3) is 11.1 Å². The second kappa shape index (κ2) is 4.48. The van der Waals surface area contributed by atoms with Gasteiger partial charge in [-0.1, -0.05) is 24.3 Å². The van der Waals surface area contributed by atoms with E-state index in [0.29, 0.717) is 0 Å². The van der Waals surface area contributed by atoms with E-state index >= 15 is 0 Å². The van der Waals surface area contributed by atoms with E-state index in [9.17, 15) is 0 Å². The molecule has 1 aromatic heterocycles. The van der Waals surface area contributed by atoms with Gasteiger partial charge in [-0.05, 0) is 29.5 Å². The summed E-state index contributed by atoms with van der Waals surface area (Å²) in [7, 11) is 0. The summed E-state index contributed by atoms with van der Waals surface area (Å²) in [5, 5.41) is 10.9. The molecular weight excluding hydrogens is 216 g/mol. The van der Waals surface area contributed by atoms with E-state index in [1.807, 2.05) is 42.6 Å². The molecule has 2 nitrogen and oxygen atoms in total. The number of nitrogens with zero attached hydrogens (tertiary/aromatic N) is 1. The molecule has 3 heteroatoms. The van der Waals surface area contributed by atoms with E-state index in [0.717, 1.165) is 21.6 Å². The van der Waals surface area contributed by atoms with Crippen LogP contribution in [-0.2, 0) is 0 Å². The number of hydrogen-bond acceptors (Lipinski definition) is 3. The van der Waals surface area contributed by atoms with Crippen LogP contribution >= 0.6 is 11.3 Å². The standard InChI is InChI=1S/C13H12N2S/c1-9(15)10-2-4-11(5-3-10)12-6-7-16-13(12)8-14/h2-7,9H,15H2,1H3/t9-/m1/s1. The van der Waals surface area contributed by atoms with Gasteiger partial charge in [0.1, 0.15) is 10.9 Å². The maximum Gasteiger partial charge on any atom is 0.112 e. The van der Waals surface area contributed by atoms with Crippen molar-refractivity contribution in [2.45, 2.75) is 13.0 Å². The third kappa shape index (κ3) is 1.99. The first-order valence-electron chi connectivity index (χ1n) is 5.06. The van der Waals surface area contributed by atoms with Crippen LogP contribution < -0.4 is 5.73 Å². The lowest BCUT2D eigenvalue weighted by Gasteiger charge is -2.06. The summed E-state index contributed by atoms with van der Waals surface area (Å²) < 4.78 is 0. The molecule has 0 saturated carbocycles. The van der Waals surface area contributed by atoms with Crippen molar-refractivity contribution in [3.8, 4) is 17.2 Å². The minimum Gasteiger partial charge on any atom is -0.324 e. The molecule has 0 aliphatic heterocycles. The van der Waals surface area contributed by atoms with E-state index in [1.165, 1.54) is 11.3 Å². The molecular formula is C13H12N2S. The minimum atomic E-state index is 0.0481. The van der Waals surface area contributed by atoms with Gasteiger partial charge in [-0.2, -0.15) is 5.26 Å². The predicted octanol–water partition coefficient (Wildman–Crippen LogP) is 3.31. The van der Waals surface area contributed by atoms with Gasteiger partial charge in [0.05, 0.1) is 0 Å². The molecule has 0 fully saturated rings. The summed E-state index contributed by atoms with van der Waals surface area (Å²) in [4.78, 5) is 0.758. The van der Waals surface area contributed by atoms with Crippen LogP contribution in [0.3, 0.4) is 0 Å². The first-order chi connectivity index (χ1) is 7.72. The summed E-state index contributed by atoms with van der Waals surface area (Å²) in [5.41, 5.74) is 8.97. The zero-order valence-electron chi connectivity index (χ0n) is 8.97. The highest BCUT2D eigenvalue weighted by Gasteiger charge is 2.06. The molecule has 0 spiro atoms. The van der Waals surface area contributed by atoms with Crippen molar-refractivity contribution in [1.82, 2.24) is 0 Å². The van der Waals surface area contributed by atoms with Crippen molar-refractivity contribution in [3.05, 3.63) is 46.2 Å². The Kier molecular flexibility index (Phi) is 3.04. The van der Waals surface area contributed by atoms with E-state index in [2.05, 4.69) is 6.07 Å². The van der Waals surface area contributed by atoms with Crippen LogP contribution in [0, 0.1) is 11.3 Å². The van der Waals surface area contributed by atoms with Crippen LogP contribution in [0.4, 0.5) is 0 Å². The zero-order chi connectivity index (χ0) is 11.5. The van der Waals surface area contributed by atoms with Crippen LogP contribution in [-0.4, -0.2) is 0 Å². The van der Waals surface area contributed by atoms with Crippen LogP contribution in [0.2, 0.25) is 0 Å². The Morgan fingerprint density at radius 2 is 1.94 bits per heavy atom. The smallest absolute Gasteiger partial charge is 0.112 e. The highest BCUT2D eigenvalue weighted by Crippen LogP contribution is 2.28. The molecule has 0 amide bonds. The Balaban J connectivity index is 2.39. The zero-order valence-corrected chi connectivity index (χ0v) is 9.79. The second-order valence-corrected chi connectivity index (χ2v) is 4.60. The molecule has 1 aromatic carbocycles. The van der Waals surface area contributed by atoms with Gasteiger partial charge in [0.2, 0.25) is 0 Å². The molecule has 0 bridgehead atoms. The molecule has 1 atom stereocenters. The fourth-order valence-corrected chi connectivity index (χ4v) is 2.30. The average molecular weight is 228 g/mol. The average Bonchev–Trinajstić information content (AvgIpc) is 2.77. The summed E-state index contributed by atoms with van der Waals surface area (Å²) in [5.74, 6) is 0. The molecule has 2 N–H and O–H groups in total. The van der Waals surface area contributed by atoms with Crippen molar-refractivity contribution in [2.24, 2.45) is 5.73 Å². The number of hydrogen-bond donors (Lipinski definition) is 1. The minimum absolute atomic E-state index is 0.0481. The molecule has 0 saturated heterocycles. The third-order valence-electron chi connectivity index (χ3n) is 2.51. The number of benzene rings is 1. The van der Waals surface area contributed by atoms with Crippen molar-refractivity contribution >= 4 is 11.3 Å². The Morgan fingerprint density at radius 3 is 2.50 bits per heavy atom. The highest BCUT2D eigenvalue weighted by atomic mass is 32.1. The lowest BCUT2D eigenvalue weighted by atomic mass is 10.0. The van der Waals surface area contributed by atoms with Gasteiger partial charge in [-0.3, -0.25) is 0 Å². The van der Waals surface area contributed by atoms with Crippen LogP contribution in [0.5, 0.6) is 0 Å².